The summed E-state index contributed by atoms with van der Waals surface area (Å²) in [5.74, 6) is 0.207. The molecule has 0 N–H and O–H groups in total. The standard InChI is InChI=1S/C25H22N2O/c28-23(17-16-20-10-4-1-5-11-20)18-27-19-26-24(21-12-6-2-7-13-21)25(27)22-14-8-3-9-15-22/h1-15,19H,16-18H2. The zero-order valence-electron chi connectivity index (χ0n) is 15.7. The van der Waals surface area contributed by atoms with Gasteiger partial charge in [-0.15, -0.1) is 0 Å². The Bertz CT molecular complexity index is 1040. The van der Waals surface area contributed by atoms with Gasteiger partial charge in [-0.1, -0.05) is 91.0 Å². The maximum Gasteiger partial charge on any atom is 0.152 e. The lowest BCUT2D eigenvalue weighted by molar-refractivity contribution is -0.119. The van der Waals surface area contributed by atoms with Crippen LogP contribution in [0.3, 0.4) is 0 Å². The molecule has 0 unspecified atom stereocenters. The van der Waals surface area contributed by atoms with E-state index in [9.17, 15) is 4.79 Å². The molecule has 4 aromatic rings. The average Bonchev–Trinajstić information content (AvgIpc) is 3.17. The third kappa shape index (κ3) is 4.09. The van der Waals surface area contributed by atoms with Gasteiger partial charge in [0.2, 0.25) is 0 Å². The van der Waals surface area contributed by atoms with Crippen molar-refractivity contribution in [3.63, 3.8) is 0 Å². The summed E-state index contributed by atoms with van der Waals surface area (Å²) in [7, 11) is 0. The van der Waals surface area contributed by atoms with E-state index in [1.54, 1.807) is 6.33 Å². The lowest BCUT2D eigenvalue weighted by Gasteiger charge is -2.10. The molecule has 0 aliphatic heterocycles. The van der Waals surface area contributed by atoms with Gasteiger partial charge in [-0.3, -0.25) is 4.79 Å². The first-order valence-corrected chi connectivity index (χ1v) is 9.53. The first kappa shape index (κ1) is 17.9. The monoisotopic (exact) mass is 366 g/mol. The number of imidazole rings is 1. The molecule has 0 saturated carbocycles. The largest absolute Gasteiger partial charge is 0.323 e. The van der Waals surface area contributed by atoms with Crippen molar-refractivity contribution in [3.8, 4) is 22.5 Å². The predicted octanol–water partition coefficient (Wildman–Crippen LogP) is 5.42. The van der Waals surface area contributed by atoms with Crippen molar-refractivity contribution in [2.75, 3.05) is 0 Å². The number of aryl methyl sites for hydroxylation is 1. The first-order valence-electron chi connectivity index (χ1n) is 9.53. The van der Waals surface area contributed by atoms with Crippen molar-refractivity contribution in [3.05, 3.63) is 103 Å². The summed E-state index contributed by atoms with van der Waals surface area (Å²) >= 11 is 0. The average molecular weight is 366 g/mol. The van der Waals surface area contributed by atoms with Gasteiger partial charge in [-0.05, 0) is 12.0 Å². The van der Waals surface area contributed by atoms with Gasteiger partial charge in [0.05, 0.1) is 24.3 Å². The summed E-state index contributed by atoms with van der Waals surface area (Å²) in [6.45, 7) is 0.330. The highest BCUT2D eigenvalue weighted by Gasteiger charge is 2.16. The number of rotatable bonds is 7. The summed E-state index contributed by atoms with van der Waals surface area (Å²) in [5.41, 5.74) is 5.20. The number of ketones is 1. The molecule has 0 aliphatic rings. The Morgan fingerprint density at radius 2 is 1.32 bits per heavy atom. The molecule has 0 spiro atoms. The molecule has 1 aromatic heterocycles. The maximum absolute atomic E-state index is 12.7. The fourth-order valence-electron chi connectivity index (χ4n) is 3.41. The van der Waals surface area contributed by atoms with Crippen molar-refractivity contribution >= 4 is 5.78 Å². The number of Topliss-reactive ketones (excluding diaryl/α,β-unsaturated/α-hetero) is 1. The Morgan fingerprint density at radius 3 is 1.96 bits per heavy atom. The van der Waals surface area contributed by atoms with Crippen molar-refractivity contribution in [2.45, 2.75) is 19.4 Å². The van der Waals surface area contributed by atoms with Gasteiger partial charge in [0.1, 0.15) is 0 Å². The minimum atomic E-state index is 0.207. The number of hydrogen-bond acceptors (Lipinski definition) is 2. The Balaban J connectivity index is 1.60. The van der Waals surface area contributed by atoms with E-state index in [0.29, 0.717) is 13.0 Å². The molecule has 0 saturated heterocycles. The molecule has 28 heavy (non-hydrogen) atoms. The Morgan fingerprint density at radius 1 is 0.750 bits per heavy atom. The summed E-state index contributed by atoms with van der Waals surface area (Å²) in [6, 6.07) is 30.4. The van der Waals surface area contributed by atoms with Crippen molar-refractivity contribution < 1.29 is 4.79 Å². The normalized spacial score (nSPS) is 10.7. The molecule has 4 rings (SSSR count). The highest BCUT2D eigenvalue weighted by molar-refractivity contribution is 5.82. The van der Waals surface area contributed by atoms with Crippen LogP contribution in [0.5, 0.6) is 0 Å². The highest BCUT2D eigenvalue weighted by Crippen LogP contribution is 2.31. The van der Waals surface area contributed by atoms with Crippen LogP contribution in [-0.2, 0) is 17.8 Å². The summed E-state index contributed by atoms with van der Waals surface area (Å²) in [4.78, 5) is 17.3. The van der Waals surface area contributed by atoms with E-state index >= 15 is 0 Å². The SMILES string of the molecule is O=C(CCc1ccccc1)Cn1cnc(-c2ccccc2)c1-c1ccccc1. The van der Waals surface area contributed by atoms with Crippen LogP contribution in [0.2, 0.25) is 0 Å². The second-order valence-electron chi connectivity index (χ2n) is 6.83. The van der Waals surface area contributed by atoms with Crippen LogP contribution in [-0.4, -0.2) is 15.3 Å². The second-order valence-corrected chi connectivity index (χ2v) is 6.83. The number of carbonyl (C=O) groups is 1. The van der Waals surface area contributed by atoms with Crippen LogP contribution in [0.15, 0.2) is 97.3 Å². The molecule has 3 aromatic carbocycles. The van der Waals surface area contributed by atoms with E-state index in [2.05, 4.69) is 41.4 Å². The number of aromatic nitrogens is 2. The molecule has 3 nitrogen and oxygen atoms in total. The van der Waals surface area contributed by atoms with E-state index in [-0.39, 0.29) is 5.78 Å². The van der Waals surface area contributed by atoms with Crippen molar-refractivity contribution in [1.29, 1.82) is 0 Å². The minimum absolute atomic E-state index is 0.207. The minimum Gasteiger partial charge on any atom is -0.323 e. The van der Waals surface area contributed by atoms with Gasteiger partial charge < -0.3 is 4.57 Å². The molecule has 3 heteroatoms. The van der Waals surface area contributed by atoms with Crippen LogP contribution in [0.4, 0.5) is 0 Å². The van der Waals surface area contributed by atoms with Gasteiger partial charge in [-0.25, -0.2) is 4.98 Å². The third-order valence-electron chi connectivity index (χ3n) is 4.81. The van der Waals surface area contributed by atoms with Gasteiger partial charge in [0, 0.05) is 17.5 Å². The molecule has 0 fully saturated rings. The van der Waals surface area contributed by atoms with Crippen LogP contribution in [0.25, 0.3) is 22.5 Å². The van der Waals surface area contributed by atoms with E-state index in [1.807, 2.05) is 59.2 Å². The van der Waals surface area contributed by atoms with Crippen LogP contribution in [0.1, 0.15) is 12.0 Å². The second kappa shape index (κ2) is 8.49. The number of benzene rings is 3. The van der Waals surface area contributed by atoms with E-state index < -0.39 is 0 Å². The zero-order valence-corrected chi connectivity index (χ0v) is 15.7. The fraction of sp³-hybridized carbons (Fsp3) is 0.120. The van der Waals surface area contributed by atoms with Crippen LogP contribution in [0, 0.1) is 0 Å². The van der Waals surface area contributed by atoms with E-state index in [0.717, 1.165) is 28.9 Å². The van der Waals surface area contributed by atoms with Crippen LogP contribution >= 0.6 is 0 Å². The summed E-state index contributed by atoms with van der Waals surface area (Å²) in [5, 5.41) is 0. The molecule has 138 valence electrons. The third-order valence-corrected chi connectivity index (χ3v) is 4.81. The highest BCUT2D eigenvalue weighted by atomic mass is 16.1. The smallest absolute Gasteiger partial charge is 0.152 e. The van der Waals surface area contributed by atoms with Crippen molar-refractivity contribution in [1.82, 2.24) is 9.55 Å². The van der Waals surface area contributed by atoms with E-state index in [1.165, 1.54) is 5.56 Å². The molecule has 0 bridgehead atoms. The Kier molecular flexibility index (Phi) is 5.43. The van der Waals surface area contributed by atoms with Gasteiger partial charge >= 0.3 is 0 Å². The molecular weight excluding hydrogens is 344 g/mol. The van der Waals surface area contributed by atoms with E-state index in [4.69, 9.17) is 0 Å². The lowest BCUT2D eigenvalue weighted by Crippen LogP contribution is -2.11. The first-order chi connectivity index (χ1) is 13.8. The molecule has 0 aliphatic carbocycles. The number of hydrogen-bond donors (Lipinski definition) is 0. The predicted molar refractivity (Wildman–Crippen MR) is 113 cm³/mol. The van der Waals surface area contributed by atoms with Gasteiger partial charge in [-0.2, -0.15) is 0 Å². The van der Waals surface area contributed by atoms with Crippen molar-refractivity contribution in [2.24, 2.45) is 0 Å². The molecular formula is C25H22N2O. The maximum atomic E-state index is 12.7. The van der Waals surface area contributed by atoms with Crippen LogP contribution < -0.4 is 0 Å². The molecule has 0 radical (unpaired) electrons. The molecule has 0 amide bonds. The zero-order chi connectivity index (χ0) is 19.2. The van der Waals surface area contributed by atoms with Gasteiger partial charge in [0.25, 0.3) is 0 Å². The topological polar surface area (TPSA) is 34.9 Å². The lowest BCUT2D eigenvalue weighted by atomic mass is 10.0. The van der Waals surface area contributed by atoms with Gasteiger partial charge in [0.15, 0.2) is 5.78 Å². The Labute approximate surface area is 165 Å². The molecule has 1 heterocycles. The summed E-state index contributed by atoms with van der Waals surface area (Å²) in [6.07, 6.45) is 3.07. The summed E-state index contributed by atoms with van der Waals surface area (Å²) < 4.78 is 1.98. The molecule has 0 atom stereocenters. The fourth-order valence-corrected chi connectivity index (χ4v) is 3.41. The quantitative estimate of drug-likeness (QED) is 0.438. The number of carbonyl (C=O) groups excluding carboxylic acids is 1. The Hall–Kier alpha value is -3.46. The number of nitrogens with zero attached hydrogens (tertiary/aromatic N) is 2.